The predicted octanol–water partition coefficient (Wildman–Crippen LogP) is 9.40. The minimum Gasteiger partial charge on any atom is -0.461 e. The second-order valence-corrected chi connectivity index (χ2v) is 13.9. The molecule has 8 atom stereocenters. The number of rotatable bonds is 10. The van der Waals surface area contributed by atoms with E-state index in [4.69, 9.17) is 4.74 Å². The number of ether oxygens (including phenoxy) is 1. The molecule has 0 aromatic heterocycles. The Hall–Kier alpha value is -0.310. The lowest BCUT2D eigenvalue weighted by molar-refractivity contribution is -0.150. The van der Waals surface area contributed by atoms with E-state index in [9.17, 15) is 4.79 Å². The zero-order valence-corrected chi connectivity index (χ0v) is 24.1. The van der Waals surface area contributed by atoms with Gasteiger partial charge in [-0.25, -0.2) is 0 Å². The van der Waals surface area contributed by atoms with Gasteiger partial charge in [-0.1, -0.05) is 93.8 Å². The molecule has 0 aromatic rings. The number of fused-ring (bicyclic) bond motifs is 5. The molecule has 0 amide bonds. The Balaban J connectivity index is 1.37. The molecule has 0 spiro atoms. The standard InChI is InChI=1S/C31H51BrO2/c1-5-7-8-9-10-11-12-22-14-16-26-25-15-13-23-21-24(34-29(33)28(32)6-2)17-19-31(23,4)27(25)18-20-30(22,26)3/h13,22,24-28H,5-12,14-21H2,1-4H3/t22-,24+,25-,26-,27-,28-,30-,31+/m1/s1. The summed E-state index contributed by atoms with van der Waals surface area (Å²) in [5.74, 6) is 3.55. The van der Waals surface area contributed by atoms with Gasteiger partial charge in [-0.05, 0) is 92.3 Å². The Bertz CT molecular complexity index is 731. The highest BCUT2D eigenvalue weighted by molar-refractivity contribution is 9.10. The fraction of sp³-hybridized carbons (Fsp3) is 0.903. The number of esters is 1. The van der Waals surface area contributed by atoms with Crippen LogP contribution >= 0.6 is 15.9 Å². The van der Waals surface area contributed by atoms with Crippen molar-refractivity contribution in [2.45, 2.75) is 141 Å². The van der Waals surface area contributed by atoms with Crippen LogP contribution in [-0.2, 0) is 9.53 Å². The summed E-state index contributed by atoms with van der Waals surface area (Å²) in [7, 11) is 0. The van der Waals surface area contributed by atoms with E-state index in [1.165, 1.54) is 83.5 Å². The maximum absolute atomic E-state index is 12.4. The van der Waals surface area contributed by atoms with E-state index >= 15 is 0 Å². The van der Waals surface area contributed by atoms with Crippen molar-refractivity contribution in [3.05, 3.63) is 11.6 Å². The van der Waals surface area contributed by atoms with Gasteiger partial charge in [-0.2, -0.15) is 0 Å². The average molecular weight is 536 g/mol. The van der Waals surface area contributed by atoms with E-state index in [1.54, 1.807) is 5.57 Å². The van der Waals surface area contributed by atoms with Crippen LogP contribution in [0.25, 0.3) is 0 Å². The number of carbonyl (C=O) groups excluding carboxylic acids is 1. The van der Waals surface area contributed by atoms with Crippen LogP contribution in [0.15, 0.2) is 11.6 Å². The molecule has 0 radical (unpaired) electrons. The van der Waals surface area contributed by atoms with E-state index in [0.717, 1.165) is 42.9 Å². The molecular weight excluding hydrogens is 484 g/mol. The fourth-order valence-electron chi connectivity index (χ4n) is 8.89. The van der Waals surface area contributed by atoms with Crippen molar-refractivity contribution in [2.24, 2.45) is 34.5 Å². The third-order valence-corrected chi connectivity index (χ3v) is 12.1. The van der Waals surface area contributed by atoms with Crippen molar-refractivity contribution in [1.29, 1.82) is 0 Å². The monoisotopic (exact) mass is 534 g/mol. The van der Waals surface area contributed by atoms with Crippen LogP contribution < -0.4 is 0 Å². The second-order valence-electron chi connectivity index (χ2n) is 12.8. The average Bonchev–Trinajstić information content (AvgIpc) is 3.17. The highest BCUT2D eigenvalue weighted by atomic mass is 79.9. The van der Waals surface area contributed by atoms with Crippen molar-refractivity contribution in [1.82, 2.24) is 0 Å². The van der Waals surface area contributed by atoms with Gasteiger partial charge in [0.25, 0.3) is 0 Å². The van der Waals surface area contributed by atoms with E-state index in [-0.39, 0.29) is 16.9 Å². The molecule has 0 unspecified atom stereocenters. The Morgan fingerprint density at radius 3 is 2.56 bits per heavy atom. The normalized spacial score (nSPS) is 40.0. The van der Waals surface area contributed by atoms with Gasteiger partial charge in [-0.15, -0.1) is 0 Å². The number of carbonyl (C=O) groups is 1. The lowest BCUT2D eigenvalue weighted by atomic mass is 9.47. The Labute approximate surface area is 218 Å². The molecule has 3 saturated carbocycles. The Morgan fingerprint density at radius 1 is 1.03 bits per heavy atom. The van der Waals surface area contributed by atoms with Gasteiger partial charge in [0.2, 0.25) is 0 Å². The van der Waals surface area contributed by atoms with Gasteiger partial charge in [0.05, 0.1) is 0 Å². The van der Waals surface area contributed by atoms with Gasteiger partial charge in [0, 0.05) is 6.42 Å². The fourth-order valence-corrected chi connectivity index (χ4v) is 8.99. The molecule has 4 aliphatic carbocycles. The highest BCUT2D eigenvalue weighted by Gasteiger charge is 2.58. The molecule has 3 fully saturated rings. The number of halogens is 1. The number of hydrogen-bond acceptors (Lipinski definition) is 2. The summed E-state index contributed by atoms with van der Waals surface area (Å²) < 4.78 is 5.92. The molecule has 34 heavy (non-hydrogen) atoms. The SMILES string of the molecule is CCCCCCCC[C@@H]1CC[C@@H]2[C@H]3CC=C4C[C@@H](OC(=O)[C@H](Br)CC)CC[C@]4(C)[C@@H]3CC[C@]12C. The second kappa shape index (κ2) is 11.4. The molecule has 0 bridgehead atoms. The lowest BCUT2D eigenvalue weighted by Crippen LogP contribution is -2.50. The topological polar surface area (TPSA) is 26.3 Å². The zero-order chi connectivity index (χ0) is 24.3. The van der Waals surface area contributed by atoms with Crippen molar-refractivity contribution < 1.29 is 9.53 Å². The molecule has 0 aliphatic heterocycles. The van der Waals surface area contributed by atoms with Crippen molar-refractivity contribution >= 4 is 21.9 Å². The van der Waals surface area contributed by atoms with E-state index in [2.05, 4.69) is 42.8 Å². The minimum atomic E-state index is -0.159. The molecule has 194 valence electrons. The van der Waals surface area contributed by atoms with E-state index in [1.807, 2.05) is 6.92 Å². The summed E-state index contributed by atoms with van der Waals surface area (Å²) in [5, 5.41) is 0. The van der Waals surface area contributed by atoms with Gasteiger partial charge in [-0.3, -0.25) is 4.79 Å². The van der Waals surface area contributed by atoms with Crippen LogP contribution in [-0.4, -0.2) is 16.9 Å². The predicted molar refractivity (Wildman–Crippen MR) is 146 cm³/mol. The van der Waals surface area contributed by atoms with E-state index < -0.39 is 0 Å². The first kappa shape index (κ1) is 26.7. The summed E-state index contributed by atoms with van der Waals surface area (Å²) in [6.45, 7) is 9.59. The molecule has 3 heteroatoms. The first-order valence-electron chi connectivity index (χ1n) is 14.9. The number of unbranched alkanes of at least 4 members (excludes halogenated alkanes) is 5. The third-order valence-electron chi connectivity index (χ3n) is 11.1. The van der Waals surface area contributed by atoms with Crippen LogP contribution in [0.1, 0.15) is 130 Å². The molecular formula is C31H51BrO2. The van der Waals surface area contributed by atoms with Crippen molar-refractivity contribution in [3.63, 3.8) is 0 Å². The van der Waals surface area contributed by atoms with Gasteiger partial charge < -0.3 is 4.74 Å². The smallest absolute Gasteiger partial charge is 0.319 e. The molecule has 0 aromatic carbocycles. The zero-order valence-electron chi connectivity index (χ0n) is 22.5. The number of allylic oxidation sites excluding steroid dienone is 1. The summed E-state index contributed by atoms with van der Waals surface area (Å²) in [5.41, 5.74) is 2.54. The highest BCUT2D eigenvalue weighted by Crippen LogP contribution is 2.66. The Kier molecular flexibility index (Phi) is 8.96. The van der Waals surface area contributed by atoms with Crippen LogP contribution in [0.5, 0.6) is 0 Å². The summed E-state index contributed by atoms with van der Waals surface area (Å²) in [6, 6.07) is 0. The van der Waals surface area contributed by atoms with E-state index in [0.29, 0.717) is 10.8 Å². The molecule has 0 N–H and O–H groups in total. The molecule has 0 saturated heterocycles. The van der Waals surface area contributed by atoms with Crippen LogP contribution in [0.2, 0.25) is 0 Å². The number of hydrogen-bond donors (Lipinski definition) is 0. The van der Waals surface area contributed by atoms with Crippen LogP contribution in [0.4, 0.5) is 0 Å². The van der Waals surface area contributed by atoms with Gasteiger partial charge in [0.1, 0.15) is 10.9 Å². The minimum absolute atomic E-state index is 0.0683. The summed E-state index contributed by atoms with van der Waals surface area (Å²) in [4.78, 5) is 12.2. The number of alkyl halides is 1. The quantitative estimate of drug-likeness (QED) is 0.121. The van der Waals surface area contributed by atoms with Crippen molar-refractivity contribution in [2.75, 3.05) is 0 Å². The molecule has 4 aliphatic rings. The first-order valence-corrected chi connectivity index (χ1v) is 15.8. The largest absolute Gasteiger partial charge is 0.461 e. The molecule has 2 nitrogen and oxygen atoms in total. The van der Waals surface area contributed by atoms with Gasteiger partial charge >= 0.3 is 5.97 Å². The molecule has 0 heterocycles. The van der Waals surface area contributed by atoms with Crippen LogP contribution in [0, 0.1) is 34.5 Å². The maximum atomic E-state index is 12.4. The first-order chi connectivity index (χ1) is 16.3. The lowest BCUT2D eigenvalue weighted by Gasteiger charge is -2.58. The van der Waals surface area contributed by atoms with Crippen molar-refractivity contribution in [3.8, 4) is 0 Å². The maximum Gasteiger partial charge on any atom is 0.319 e. The third kappa shape index (κ3) is 5.21. The summed E-state index contributed by atoms with van der Waals surface area (Å²) >= 11 is 3.47. The van der Waals surface area contributed by atoms with Gasteiger partial charge in [0.15, 0.2) is 0 Å². The molecule has 4 rings (SSSR count). The Morgan fingerprint density at radius 2 is 1.79 bits per heavy atom. The summed E-state index contributed by atoms with van der Waals surface area (Å²) in [6.07, 6.45) is 23.8. The van der Waals surface area contributed by atoms with Crippen LogP contribution in [0.3, 0.4) is 0 Å².